The zero-order valence-corrected chi connectivity index (χ0v) is 29.4. The minimum Gasteiger partial charge on any atom is -0.490 e. The summed E-state index contributed by atoms with van der Waals surface area (Å²) >= 11 is 6.43. The summed E-state index contributed by atoms with van der Waals surface area (Å²) in [5.74, 6) is 1.08. The average Bonchev–Trinajstić information content (AvgIpc) is 3.16. The molecule has 2 aromatic carbocycles. The number of hydrogen-bond donors (Lipinski definition) is 1. The molecule has 0 aromatic heterocycles. The summed E-state index contributed by atoms with van der Waals surface area (Å²) in [5, 5.41) is 0.303. The number of nitrogens with zero attached hydrogens (tertiary/aromatic N) is 2. The molecule has 5 aliphatic rings. The van der Waals surface area contributed by atoms with Crippen LogP contribution in [-0.2, 0) is 26.3 Å². The first-order chi connectivity index (χ1) is 22.8. The van der Waals surface area contributed by atoms with E-state index in [1.165, 1.54) is 16.0 Å². The van der Waals surface area contributed by atoms with E-state index in [4.69, 9.17) is 16.3 Å². The highest BCUT2D eigenvalue weighted by atomic mass is 35.5. The van der Waals surface area contributed by atoms with Crippen LogP contribution in [0.4, 0.5) is 14.5 Å². The number of alkyl halides is 2. The van der Waals surface area contributed by atoms with Crippen LogP contribution in [-0.4, -0.2) is 70.8 Å². The number of carbonyl (C=O) groups excluding carboxylic acids is 2. The predicted octanol–water partition coefficient (Wildman–Crippen LogP) is 6.50. The Morgan fingerprint density at radius 2 is 1.85 bits per heavy atom. The van der Waals surface area contributed by atoms with E-state index in [-0.39, 0.29) is 35.0 Å². The smallest absolute Gasteiger partial charge is 0.282 e. The lowest BCUT2D eigenvalue weighted by molar-refractivity contribution is -0.173. The fraction of sp³-hybridized carbons (Fsp3) is 0.595. The first kappa shape index (κ1) is 33.6. The normalized spacial score (nSPS) is 34.8. The van der Waals surface area contributed by atoms with Crippen LogP contribution in [0, 0.1) is 23.7 Å². The zero-order chi connectivity index (χ0) is 34.0. The molecule has 0 radical (unpaired) electrons. The van der Waals surface area contributed by atoms with Gasteiger partial charge in [-0.05, 0) is 117 Å². The fourth-order valence-corrected chi connectivity index (χ4v) is 10.6. The van der Waals surface area contributed by atoms with Gasteiger partial charge in [0.1, 0.15) is 5.75 Å². The molecule has 11 heteroatoms. The summed E-state index contributed by atoms with van der Waals surface area (Å²) in [6.45, 7) is 4.59. The number of aryl methyl sites for hydroxylation is 1. The van der Waals surface area contributed by atoms with Crippen molar-refractivity contribution in [2.45, 2.75) is 81.8 Å². The first-order valence-electron chi connectivity index (χ1n) is 17.4. The Kier molecular flexibility index (Phi) is 8.75. The Balaban J connectivity index is 1.28. The highest BCUT2D eigenvalue weighted by molar-refractivity contribution is 7.99. The van der Waals surface area contributed by atoms with Crippen LogP contribution in [0.5, 0.6) is 5.75 Å². The third-order valence-corrected chi connectivity index (χ3v) is 14.5. The summed E-state index contributed by atoms with van der Waals surface area (Å²) in [5.41, 5.74) is 3.32. The maximum Gasteiger partial charge on any atom is 0.282 e. The number of amides is 2. The molecule has 3 aliphatic heterocycles. The number of carbonyl (C=O) groups is 2. The van der Waals surface area contributed by atoms with Crippen LogP contribution in [0.25, 0.3) is 0 Å². The summed E-state index contributed by atoms with van der Waals surface area (Å²) < 4.78 is 51.0. The third kappa shape index (κ3) is 6.21. The quantitative estimate of drug-likeness (QED) is 0.344. The van der Waals surface area contributed by atoms with E-state index in [0.29, 0.717) is 55.3 Å². The zero-order valence-electron chi connectivity index (χ0n) is 27.8. The molecular weight excluding hydrogens is 656 g/mol. The number of ether oxygens (including phenoxy) is 1. The molecule has 2 bridgehead atoms. The van der Waals surface area contributed by atoms with Gasteiger partial charge < -0.3 is 14.5 Å². The molecule has 2 aromatic rings. The molecule has 1 saturated heterocycles. The Morgan fingerprint density at radius 3 is 2.58 bits per heavy atom. The molecule has 3 heterocycles. The maximum atomic E-state index is 13.9. The Hall–Kier alpha value is -2.85. The molecule has 260 valence electrons. The minimum absolute atomic E-state index is 0.0372. The van der Waals surface area contributed by atoms with Crippen LogP contribution in [0.2, 0.25) is 5.02 Å². The van der Waals surface area contributed by atoms with E-state index >= 15 is 0 Å². The Bertz CT molecular complexity index is 1710. The number of fused-ring (bicyclic) bond motifs is 4. The average molecular weight is 702 g/mol. The highest BCUT2D eigenvalue weighted by Gasteiger charge is 2.51. The van der Waals surface area contributed by atoms with E-state index in [1.54, 1.807) is 6.07 Å². The molecule has 48 heavy (non-hydrogen) atoms. The van der Waals surface area contributed by atoms with E-state index in [0.717, 1.165) is 37.8 Å². The lowest BCUT2D eigenvalue weighted by Crippen LogP contribution is -2.61. The van der Waals surface area contributed by atoms with Gasteiger partial charge in [-0.15, -0.1) is 0 Å². The number of anilines is 1. The number of rotatable bonds is 1. The molecule has 2 amide bonds. The van der Waals surface area contributed by atoms with Crippen molar-refractivity contribution in [3.8, 4) is 5.75 Å². The van der Waals surface area contributed by atoms with E-state index in [1.807, 2.05) is 32.0 Å². The number of nitrogens with one attached hydrogen (secondary N) is 1. The van der Waals surface area contributed by atoms with Gasteiger partial charge in [0.25, 0.3) is 11.8 Å². The van der Waals surface area contributed by atoms with Crippen LogP contribution in [0.3, 0.4) is 0 Å². The second-order valence-electron chi connectivity index (χ2n) is 15.2. The second-order valence-corrected chi connectivity index (χ2v) is 18.1. The second kappa shape index (κ2) is 12.5. The van der Waals surface area contributed by atoms with Gasteiger partial charge in [-0.1, -0.05) is 31.0 Å². The predicted molar refractivity (Wildman–Crippen MR) is 187 cm³/mol. The molecule has 1 saturated carbocycles. The molecule has 7 nitrogen and oxygen atoms in total. The molecular formula is C37H46ClF2N3O4S. The number of halogens is 3. The largest absolute Gasteiger partial charge is 0.490 e. The van der Waals surface area contributed by atoms with Crippen LogP contribution in [0.15, 0.2) is 36.4 Å². The van der Waals surface area contributed by atoms with E-state index < -0.39 is 39.9 Å². The third-order valence-electron chi connectivity index (χ3n) is 12.1. The molecule has 1 unspecified atom stereocenters. The van der Waals surface area contributed by atoms with Crippen LogP contribution in [0.1, 0.15) is 80.3 Å². The molecule has 7 rings (SSSR count). The fourth-order valence-electron chi connectivity index (χ4n) is 8.89. The van der Waals surface area contributed by atoms with Crippen molar-refractivity contribution in [2.24, 2.45) is 23.7 Å². The van der Waals surface area contributed by atoms with Crippen molar-refractivity contribution in [1.29, 1.82) is 0 Å². The maximum absolute atomic E-state index is 13.9. The van der Waals surface area contributed by atoms with Crippen molar-refractivity contribution in [3.05, 3.63) is 58.1 Å². The van der Waals surface area contributed by atoms with Gasteiger partial charge >= 0.3 is 0 Å². The SMILES string of the molecule is C=S1(=O)NC(=O)c2ccc3c(c2)N(C[C@@H]2CC[C@H]2[C@@H](C(=O)N2CC(F)(F)C2)CCC[C@H](C)[C@H]1C)C[C@@]1(CCCc2cc(Cl)ccc21)CO3. The number of likely N-dealkylation sites (tertiary alicyclic amines) is 1. The van der Waals surface area contributed by atoms with Crippen LogP contribution >= 0.6 is 11.6 Å². The van der Waals surface area contributed by atoms with Gasteiger partial charge in [-0.25, -0.2) is 13.0 Å². The lowest BCUT2D eigenvalue weighted by atomic mass is 9.64. The summed E-state index contributed by atoms with van der Waals surface area (Å²) in [4.78, 5) is 31.1. The van der Waals surface area contributed by atoms with Gasteiger partial charge in [-0.2, -0.15) is 0 Å². The minimum atomic E-state index is -3.01. The molecule has 1 N–H and O–H groups in total. The topological polar surface area (TPSA) is 79.0 Å². The lowest BCUT2D eigenvalue weighted by Gasteiger charge is -2.48. The van der Waals surface area contributed by atoms with E-state index in [2.05, 4.69) is 27.6 Å². The van der Waals surface area contributed by atoms with Gasteiger partial charge in [0.15, 0.2) is 0 Å². The van der Waals surface area contributed by atoms with Crippen LogP contribution < -0.4 is 14.4 Å². The summed E-state index contributed by atoms with van der Waals surface area (Å²) in [7, 11) is -3.01. The van der Waals surface area contributed by atoms with Gasteiger partial charge in [0.2, 0.25) is 5.91 Å². The molecule has 1 spiro atoms. The highest BCUT2D eigenvalue weighted by Crippen LogP contribution is 2.48. The summed E-state index contributed by atoms with van der Waals surface area (Å²) in [6.07, 6.45) is 6.65. The molecule has 2 aliphatic carbocycles. The first-order valence-corrected chi connectivity index (χ1v) is 19.6. The monoisotopic (exact) mass is 701 g/mol. The Morgan fingerprint density at radius 1 is 1.06 bits per heavy atom. The Labute approximate surface area is 287 Å². The van der Waals surface area contributed by atoms with Crippen molar-refractivity contribution >= 4 is 44.7 Å². The summed E-state index contributed by atoms with van der Waals surface area (Å²) in [6, 6.07) is 11.5. The van der Waals surface area contributed by atoms with Crippen molar-refractivity contribution < 1.29 is 27.3 Å². The standard InChI is InChI=1S/C37H46ClF2N3O4S/c1-23-6-4-8-30(35(45)43-20-37(39,40)21-43)29-12-9-27(29)18-42-19-36(15-5-7-25-16-28(38)11-13-31(25)36)22-47-33-14-10-26(17-32(33)42)34(44)41-48(3,46)24(23)2/h10-11,13-14,16-17,23-24,27,29-30H,3-9,12,15,18-22H2,1-2H3,(H,41,44,46)/t23-,24+,27-,29+,30-,36-,48?/m0/s1. The van der Waals surface area contributed by atoms with Gasteiger partial charge in [0, 0.05) is 40.3 Å². The van der Waals surface area contributed by atoms with Crippen molar-refractivity contribution in [2.75, 3.05) is 37.7 Å². The van der Waals surface area contributed by atoms with E-state index in [9.17, 15) is 22.6 Å². The van der Waals surface area contributed by atoms with Crippen molar-refractivity contribution in [1.82, 2.24) is 9.62 Å². The molecule has 2 fully saturated rings. The van der Waals surface area contributed by atoms with Crippen molar-refractivity contribution in [3.63, 3.8) is 0 Å². The number of hydrogen-bond acceptors (Lipinski definition) is 5. The van der Waals surface area contributed by atoms with Gasteiger partial charge in [0.05, 0.1) is 35.1 Å². The number of benzene rings is 2. The molecule has 7 atom stereocenters. The van der Waals surface area contributed by atoms with Gasteiger partial charge in [-0.3, -0.25) is 14.3 Å².